The molecule has 1 aliphatic heterocycles. The van der Waals surface area contributed by atoms with E-state index in [1.165, 1.54) is 6.07 Å². The molecule has 0 unspecified atom stereocenters. The molecule has 1 aliphatic rings. The lowest BCUT2D eigenvalue weighted by molar-refractivity contribution is -0.0848. The summed E-state index contributed by atoms with van der Waals surface area (Å²) < 4.78 is 21.4. The third kappa shape index (κ3) is 3.91. The van der Waals surface area contributed by atoms with Gasteiger partial charge in [-0.3, -0.25) is 4.90 Å². The second-order valence-electron chi connectivity index (χ2n) is 7.30. The number of ether oxygens (including phenoxy) is 1. The van der Waals surface area contributed by atoms with E-state index in [0.29, 0.717) is 22.9 Å². The summed E-state index contributed by atoms with van der Waals surface area (Å²) in [7, 11) is 0. The standard InChI is InChI=1S/C19H23FN6O/c1-19(2)13-25(11-12-27-19)10-9-21-16-7-8-17-22-23-18(26(17)24-16)14-5-3-4-6-15(14)20/h3-8H,9-13H2,1-2H3,(H,21,24). The van der Waals surface area contributed by atoms with Gasteiger partial charge in [-0.15, -0.1) is 15.3 Å². The summed E-state index contributed by atoms with van der Waals surface area (Å²) in [5, 5.41) is 16.0. The van der Waals surface area contributed by atoms with Gasteiger partial charge in [-0.2, -0.15) is 4.52 Å². The number of fused-ring (bicyclic) bond motifs is 1. The minimum Gasteiger partial charge on any atom is -0.373 e. The number of benzene rings is 1. The van der Waals surface area contributed by atoms with Gasteiger partial charge in [0.05, 0.1) is 17.8 Å². The monoisotopic (exact) mass is 370 g/mol. The number of hydrogen-bond acceptors (Lipinski definition) is 6. The van der Waals surface area contributed by atoms with Gasteiger partial charge in [-0.05, 0) is 38.1 Å². The number of hydrogen-bond donors (Lipinski definition) is 1. The van der Waals surface area contributed by atoms with Gasteiger partial charge in [0.15, 0.2) is 11.5 Å². The summed E-state index contributed by atoms with van der Waals surface area (Å²) in [6.45, 7) is 8.46. The molecule has 0 aliphatic carbocycles. The zero-order chi connectivity index (χ0) is 18.9. The molecule has 8 heteroatoms. The molecule has 27 heavy (non-hydrogen) atoms. The smallest absolute Gasteiger partial charge is 0.188 e. The lowest BCUT2D eigenvalue weighted by atomic mass is 10.1. The van der Waals surface area contributed by atoms with Crippen molar-refractivity contribution in [3.63, 3.8) is 0 Å². The van der Waals surface area contributed by atoms with Crippen LogP contribution in [0.25, 0.3) is 17.0 Å². The Labute approximate surface area is 157 Å². The summed E-state index contributed by atoms with van der Waals surface area (Å²) in [6, 6.07) is 10.2. The van der Waals surface area contributed by atoms with E-state index in [1.54, 1.807) is 22.7 Å². The van der Waals surface area contributed by atoms with Gasteiger partial charge in [0.2, 0.25) is 0 Å². The van der Waals surface area contributed by atoms with Crippen LogP contribution in [0.4, 0.5) is 10.2 Å². The van der Waals surface area contributed by atoms with E-state index in [1.807, 2.05) is 12.1 Å². The topological polar surface area (TPSA) is 67.6 Å². The van der Waals surface area contributed by atoms with Crippen LogP contribution in [-0.2, 0) is 4.74 Å². The van der Waals surface area contributed by atoms with Crippen molar-refractivity contribution >= 4 is 11.5 Å². The van der Waals surface area contributed by atoms with Crippen LogP contribution in [-0.4, -0.2) is 63.1 Å². The van der Waals surface area contributed by atoms with Gasteiger partial charge in [-0.25, -0.2) is 4.39 Å². The van der Waals surface area contributed by atoms with Crippen LogP contribution >= 0.6 is 0 Å². The Bertz CT molecular complexity index is 941. The van der Waals surface area contributed by atoms with E-state index in [-0.39, 0.29) is 11.4 Å². The van der Waals surface area contributed by atoms with Crippen LogP contribution in [0.15, 0.2) is 36.4 Å². The highest BCUT2D eigenvalue weighted by Crippen LogP contribution is 2.21. The van der Waals surface area contributed by atoms with Crippen molar-refractivity contribution in [1.82, 2.24) is 24.7 Å². The molecule has 1 fully saturated rings. The lowest BCUT2D eigenvalue weighted by Crippen LogP contribution is -2.49. The molecule has 0 atom stereocenters. The Morgan fingerprint density at radius 2 is 2.04 bits per heavy atom. The van der Waals surface area contributed by atoms with Crippen LogP contribution in [0.1, 0.15) is 13.8 Å². The fraction of sp³-hybridized carbons (Fsp3) is 0.421. The maximum absolute atomic E-state index is 14.1. The number of anilines is 1. The maximum atomic E-state index is 14.1. The Morgan fingerprint density at radius 1 is 1.19 bits per heavy atom. The van der Waals surface area contributed by atoms with Gasteiger partial charge < -0.3 is 10.1 Å². The predicted octanol–water partition coefficient (Wildman–Crippen LogP) is 2.45. The number of morpholine rings is 1. The van der Waals surface area contributed by atoms with Crippen LogP contribution in [0.5, 0.6) is 0 Å². The van der Waals surface area contributed by atoms with Gasteiger partial charge >= 0.3 is 0 Å². The first-order valence-corrected chi connectivity index (χ1v) is 9.09. The summed E-state index contributed by atoms with van der Waals surface area (Å²) in [4.78, 5) is 2.37. The third-order valence-electron chi connectivity index (χ3n) is 4.62. The number of rotatable bonds is 5. The molecule has 142 valence electrons. The van der Waals surface area contributed by atoms with E-state index in [0.717, 1.165) is 32.8 Å². The van der Waals surface area contributed by atoms with Crippen molar-refractivity contribution in [3.05, 3.63) is 42.2 Å². The molecule has 0 radical (unpaired) electrons. The van der Waals surface area contributed by atoms with Crippen molar-refractivity contribution in [2.24, 2.45) is 0 Å². The largest absolute Gasteiger partial charge is 0.373 e. The molecule has 3 heterocycles. The second-order valence-corrected chi connectivity index (χ2v) is 7.30. The van der Waals surface area contributed by atoms with E-state index in [9.17, 15) is 4.39 Å². The molecule has 0 amide bonds. The highest BCUT2D eigenvalue weighted by Gasteiger charge is 2.26. The average molecular weight is 370 g/mol. The fourth-order valence-electron chi connectivity index (χ4n) is 3.34. The molecule has 1 aromatic carbocycles. The highest BCUT2D eigenvalue weighted by atomic mass is 19.1. The van der Waals surface area contributed by atoms with Crippen LogP contribution in [0.3, 0.4) is 0 Å². The van der Waals surface area contributed by atoms with Gasteiger partial charge in [-0.1, -0.05) is 12.1 Å². The summed E-state index contributed by atoms with van der Waals surface area (Å²) in [5.41, 5.74) is 0.853. The Hall–Kier alpha value is -2.58. The predicted molar refractivity (Wildman–Crippen MR) is 101 cm³/mol. The first-order chi connectivity index (χ1) is 13.0. The summed E-state index contributed by atoms with van der Waals surface area (Å²) >= 11 is 0. The van der Waals surface area contributed by atoms with Gasteiger partial charge in [0.1, 0.15) is 11.6 Å². The number of aromatic nitrogens is 4. The fourth-order valence-corrected chi connectivity index (χ4v) is 3.34. The Balaban J connectivity index is 1.47. The number of nitrogens with zero attached hydrogens (tertiary/aromatic N) is 5. The zero-order valence-electron chi connectivity index (χ0n) is 15.5. The minimum absolute atomic E-state index is 0.105. The molecular formula is C19H23FN6O. The highest BCUT2D eigenvalue weighted by molar-refractivity contribution is 5.60. The van der Waals surface area contributed by atoms with Crippen molar-refractivity contribution in [2.75, 3.05) is 38.1 Å². The van der Waals surface area contributed by atoms with E-state index in [2.05, 4.69) is 39.4 Å². The van der Waals surface area contributed by atoms with E-state index < -0.39 is 0 Å². The lowest BCUT2D eigenvalue weighted by Gasteiger charge is -2.38. The minimum atomic E-state index is -0.345. The SMILES string of the molecule is CC1(C)CN(CCNc2ccc3nnc(-c4ccccc4F)n3n2)CCO1. The van der Waals surface area contributed by atoms with Crippen molar-refractivity contribution in [3.8, 4) is 11.4 Å². The van der Waals surface area contributed by atoms with Crippen LogP contribution < -0.4 is 5.32 Å². The quantitative estimate of drug-likeness (QED) is 0.744. The number of nitrogens with one attached hydrogen (secondary N) is 1. The maximum Gasteiger partial charge on any atom is 0.188 e. The van der Waals surface area contributed by atoms with Gasteiger partial charge in [0, 0.05) is 26.2 Å². The number of halogens is 1. The molecular weight excluding hydrogens is 347 g/mol. The van der Waals surface area contributed by atoms with Crippen molar-refractivity contribution < 1.29 is 9.13 Å². The molecule has 3 aromatic rings. The molecule has 0 saturated carbocycles. The normalized spacial score (nSPS) is 17.3. The van der Waals surface area contributed by atoms with Crippen LogP contribution in [0.2, 0.25) is 0 Å². The first-order valence-electron chi connectivity index (χ1n) is 9.09. The second kappa shape index (κ2) is 7.21. The molecule has 4 rings (SSSR count). The first kappa shape index (κ1) is 17.8. The zero-order valence-corrected chi connectivity index (χ0v) is 15.5. The van der Waals surface area contributed by atoms with Crippen LogP contribution in [0, 0.1) is 5.82 Å². The molecule has 2 aromatic heterocycles. The molecule has 0 spiro atoms. The summed E-state index contributed by atoms with van der Waals surface area (Å²) in [6.07, 6.45) is 0. The molecule has 0 bridgehead atoms. The van der Waals surface area contributed by atoms with Gasteiger partial charge in [0.25, 0.3) is 0 Å². The Kier molecular flexibility index (Phi) is 4.75. The molecule has 7 nitrogen and oxygen atoms in total. The molecule has 1 saturated heterocycles. The Morgan fingerprint density at radius 3 is 2.85 bits per heavy atom. The summed E-state index contributed by atoms with van der Waals surface area (Å²) in [5.74, 6) is 0.746. The van der Waals surface area contributed by atoms with Crippen molar-refractivity contribution in [1.29, 1.82) is 0 Å². The third-order valence-corrected chi connectivity index (χ3v) is 4.62. The average Bonchev–Trinajstić information content (AvgIpc) is 3.04. The van der Waals surface area contributed by atoms with E-state index in [4.69, 9.17) is 4.74 Å². The van der Waals surface area contributed by atoms with Crippen molar-refractivity contribution in [2.45, 2.75) is 19.4 Å². The van der Waals surface area contributed by atoms with E-state index >= 15 is 0 Å². The molecule has 1 N–H and O–H groups in total.